The van der Waals surface area contributed by atoms with Gasteiger partial charge in [0.1, 0.15) is 17.0 Å². The van der Waals surface area contributed by atoms with Gasteiger partial charge in [0.25, 0.3) is 0 Å². The molecule has 7 rings (SSSR count). The SMILES string of the molecule is O=C(Oc1ccc2nc(-c3ccccn3)oc2c1)C12CC3CC(CC(C3)C1)C2. The van der Waals surface area contributed by atoms with Crippen LogP contribution in [0.15, 0.2) is 47.0 Å². The van der Waals surface area contributed by atoms with Crippen LogP contribution in [-0.2, 0) is 4.79 Å². The van der Waals surface area contributed by atoms with Crippen molar-refractivity contribution in [2.75, 3.05) is 0 Å². The molecule has 5 nitrogen and oxygen atoms in total. The molecule has 142 valence electrons. The van der Waals surface area contributed by atoms with Gasteiger partial charge in [0.15, 0.2) is 5.58 Å². The van der Waals surface area contributed by atoms with Crippen LogP contribution in [0.4, 0.5) is 0 Å². The fourth-order valence-electron chi connectivity index (χ4n) is 6.14. The van der Waals surface area contributed by atoms with Gasteiger partial charge in [0.05, 0.1) is 5.41 Å². The van der Waals surface area contributed by atoms with Gasteiger partial charge in [-0.05, 0) is 80.5 Å². The number of aromatic nitrogens is 2. The molecule has 4 saturated carbocycles. The second kappa shape index (κ2) is 5.90. The van der Waals surface area contributed by atoms with Gasteiger partial charge in [0.2, 0.25) is 5.89 Å². The van der Waals surface area contributed by atoms with Crippen molar-refractivity contribution in [3.63, 3.8) is 0 Å². The summed E-state index contributed by atoms with van der Waals surface area (Å²) >= 11 is 0. The first-order valence-electron chi connectivity index (χ1n) is 10.2. The molecule has 4 aliphatic carbocycles. The van der Waals surface area contributed by atoms with Crippen LogP contribution in [0.2, 0.25) is 0 Å². The molecule has 5 heteroatoms. The highest BCUT2D eigenvalue weighted by molar-refractivity contribution is 5.82. The summed E-state index contributed by atoms with van der Waals surface area (Å²) in [5, 5.41) is 0. The minimum Gasteiger partial charge on any atom is -0.435 e. The van der Waals surface area contributed by atoms with E-state index in [0.717, 1.165) is 42.5 Å². The molecule has 0 N–H and O–H groups in total. The van der Waals surface area contributed by atoms with E-state index in [1.165, 1.54) is 19.3 Å². The summed E-state index contributed by atoms with van der Waals surface area (Å²) in [7, 11) is 0. The first kappa shape index (κ1) is 16.3. The van der Waals surface area contributed by atoms with E-state index in [4.69, 9.17) is 9.15 Å². The van der Waals surface area contributed by atoms with E-state index in [1.807, 2.05) is 30.3 Å². The number of fused-ring (bicyclic) bond motifs is 1. The highest BCUT2D eigenvalue weighted by atomic mass is 16.5. The summed E-state index contributed by atoms with van der Waals surface area (Å²) in [6, 6.07) is 11.0. The maximum absolute atomic E-state index is 13.2. The van der Waals surface area contributed by atoms with Gasteiger partial charge in [-0.15, -0.1) is 0 Å². The fourth-order valence-corrected chi connectivity index (χ4v) is 6.14. The molecule has 3 aromatic rings. The first-order chi connectivity index (χ1) is 13.7. The lowest BCUT2D eigenvalue weighted by atomic mass is 9.49. The molecular formula is C23H22N2O3. The Bertz CT molecular complexity index is 1020. The molecule has 28 heavy (non-hydrogen) atoms. The molecule has 2 heterocycles. The van der Waals surface area contributed by atoms with Crippen molar-refractivity contribution in [1.29, 1.82) is 0 Å². The Morgan fingerprint density at radius 3 is 2.46 bits per heavy atom. The summed E-state index contributed by atoms with van der Waals surface area (Å²) in [5.74, 6) is 3.12. The molecule has 0 radical (unpaired) electrons. The zero-order valence-electron chi connectivity index (χ0n) is 15.6. The molecule has 0 saturated heterocycles. The van der Waals surface area contributed by atoms with E-state index in [1.54, 1.807) is 12.3 Å². The van der Waals surface area contributed by atoms with Crippen molar-refractivity contribution >= 4 is 17.1 Å². The topological polar surface area (TPSA) is 65.2 Å². The van der Waals surface area contributed by atoms with E-state index >= 15 is 0 Å². The Labute approximate surface area is 163 Å². The van der Waals surface area contributed by atoms with Crippen molar-refractivity contribution in [1.82, 2.24) is 9.97 Å². The molecule has 0 atom stereocenters. The summed E-state index contributed by atoms with van der Waals surface area (Å²) in [6.07, 6.45) is 8.67. The van der Waals surface area contributed by atoms with Crippen LogP contribution in [0, 0.1) is 23.2 Å². The van der Waals surface area contributed by atoms with Gasteiger partial charge in [-0.1, -0.05) is 6.07 Å². The highest BCUT2D eigenvalue weighted by Crippen LogP contribution is 2.60. The quantitative estimate of drug-likeness (QED) is 0.476. The van der Waals surface area contributed by atoms with Crippen LogP contribution in [0.1, 0.15) is 38.5 Å². The van der Waals surface area contributed by atoms with Crippen LogP contribution in [0.5, 0.6) is 5.75 Å². The second-order valence-electron chi connectivity index (χ2n) is 8.95. The van der Waals surface area contributed by atoms with Crippen molar-refractivity contribution in [2.24, 2.45) is 23.2 Å². The zero-order valence-corrected chi connectivity index (χ0v) is 15.6. The van der Waals surface area contributed by atoms with E-state index in [-0.39, 0.29) is 11.4 Å². The highest BCUT2D eigenvalue weighted by Gasteiger charge is 2.55. The monoisotopic (exact) mass is 374 g/mol. The number of rotatable bonds is 3. The summed E-state index contributed by atoms with van der Waals surface area (Å²) < 4.78 is 11.7. The predicted octanol–water partition coefficient (Wildman–Crippen LogP) is 5.01. The molecule has 4 bridgehead atoms. The Hall–Kier alpha value is -2.69. The maximum atomic E-state index is 13.2. The molecule has 4 fully saturated rings. The predicted molar refractivity (Wildman–Crippen MR) is 103 cm³/mol. The average molecular weight is 374 g/mol. The van der Waals surface area contributed by atoms with Crippen LogP contribution >= 0.6 is 0 Å². The number of ether oxygens (including phenoxy) is 1. The Kier molecular flexibility index (Phi) is 3.43. The van der Waals surface area contributed by atoms with E-state index < -0.39 is 0 Å². The van der Waals surface area contributed by atoms with Gasteiger partial charge >= 0.3 is 5.97 Å². The molecule has 4 aliphatic rings. The van der Waals surface area contributed by atoms with Crippen LogP contribution in [0.25, 0.3) is 22.7 Å². The number of carbonyl (C=O) groups is 1. The summed E-state index contributed by atoms with van der Waals surface area (Å²) in [5.41, 5.74) is 1.77. The lowest BCUT2D eigenvalue weighted by molar-refractivity contribution is -0.161. The number of pyridine rings is 1. The van der Waals surface area contributed by atoms with Gasteiger partial charge < -0.3 is 9.15 Å². The third-order valence-electron chi connectivity index (χ3n) is 6.93. The molecular weight excluding hydrogens is 352 g/mol. The fraction of sp³-hybridized carbons (Fsp3) is 0.435. The lowest BCUT2D eigenvalue weighted by Crippen LogP contribution is -2.51. The minimum atomic E-state index is -0.260. The third-order valence-corrected chi connectivity index (χ3v) is 6.93. The van der Waals surface area contributed by atoms with E-state index in [2.05, 4.69) is 9.97 Å². The van der Waals surface area contributed by atoms with Crippen molar-refractivity contribution in [2.45, 2.75) is 38.5 Å². The lowest BCUT2D eigenvalue weighted by Gasteiger charge is -2.55. The normalized spacial score (nSPS) is 30.6. The third kappa shape index (κ3) is 2.56. The summed E-state index contributed by atoms with van der Waals surface area (Å²) in [6.45, 7) is 0. The number of esters is 1. The Morgan fingerprint density at radius 1 is 1.04 bits per heavy atom. The summed E-state index contributed by atoms with van der Waals surface area (Å²) in [4.78, 5) is 21.9. The zero-order chi connectivity index (χ0) is 18.7. The van der Waals surface area contributed by atoms with Crippen LogP contribution in [-0.4, -0.2) is 15.9 Å². The van der Waals surface area contributed by atoms with Crippen LogP contribution < -0.4 is 4.74 Å². The minimum absolute atomic E-state index is 0.0459. The largest absolute Gasteiger partial charge is 0.435 e. The number of nitrogens with zero attached hydrogens (tertiary/aromatic N) is 2. The Morgan fingerprint density at radius 2 is 1.79 bits per heavy atom. The van der Waals surface area contributed by atoms with Crippen molar-refractivity contribution < 1.29 is 13.9 Å². The molecule has 0 spiro atoms. The van der Waals surface area contributed by atoms with Crippen molar-refractivity contribution in [3.8, 4) is 17.3 Å². The molecule has 2 aromatic heterocycles. The van der Waals surface area contributed by atoms with Gasteiger partial charge in [-0.2, -0.15) is 0 Å². The number of carbonyl (C=O) groups excluding carboxylic acids is 1. The number of benzene rings is 1. The van der Waals surface area contributed by atoms with E-state index in [0.29, 0.717) is 22.9 Å². The van der Waals surface area contributed by atoms with E-state index in [9.17, 15) is 4.79 Å². The molecule has 1 aromatic carbocycles. The van der Waals surface area contributed by atoms with Gasteiger partial charge in [-0.3, -0.25) is 9.78 Å². The smallest absolute Gasteiger partial charge is 0.317 e. The number of oxazole rings is 1. The van der Waals surface area contributed by atoms with Gasteiger partial charge in [0, 0.05) is 12.3 Å². The molecule has 0 aliphatic heterocycles. The average Bonchev–Trinajstić information content (AvgIpc) is 3.11. The molecule has 0 amide bonds. The number of hydrogen-bond acceptors (Lipinski definition) is 5. The standard InChI is InChI=1S/C23H22N2O3/c26-22(23-11-14-7-15(12-23)9-16(8-14)13-23)27-17-4-5-18-20(10-17)28-21(25-18)19-3-1-2-6-24-19/h1-6,10,14-16H,7-9,11-13H2. The molecule has 0 unspecified atom stereocenters. The van der Waals surface area contributed by atoms with Gasteiger partial charge in [-0.25, -0.2) is 4.98 Å². The number of hydrogen-bond donors (Lipinski definition) is 0. The Balaban J connectivity index is 1.27. The van der Waals surface area contributed by atoms with Crippen molar-refractivity contribution in [3.05, 3.63) is 42.6 Å². The first-order valence-corrected chi connectivity index (χ1v) is 10.2. The maximum Gasteiger partial charge on any atom is 0.317 e. The van der Waals surface area contributed by atoms with Crippen LogP contribution in [0.3, 0.4) is 0 Å². The second-order valence-corrected chi connectivity index (χ2v) is 8.95.